The second-order valence-corrected chi connectivity index (χ2v) is 15.2. The molecule has 0 amide bonds. The second-order valence-electron chi connectivity index (χ2n) is 15.2. The quantitative estimate of drug-likeness (QED) is 0.0587. The molecule has 4 aliphatic rings. The standard InChI is InChI=1S/C39H49NO23/c40-10-21(17-2-1-3-18(42)9-17)60-37-33(52)30(49)27(46)23(62-37)12-55-35-31(50)28(47)24(13-56-35)63-38-34(53)39(54,15-58-38)14-57-25(44)7-5-16-4-6-20(19(43)8-16)59-36-32(51)29(48)26(45)22(11-41)61-36/h1-9,21-24,26-38,41-43,45-54H,11-15H2/b7-5+. The third kappa shape index (κ3) is 11.0. The number of aliphatic hydroxyl groups excluding tert-OH is 10. The van der Waals surface area contributed by atoms with Gasteiger partial charge in [-0.3, -0.25) is 0 Å². The van der Waals surface area contributed by atoms with E-state index in [1.807, 2.05) is 6.07 Å². The maximum absolute atomic E-state index is 12.5. The third-order valence-electron chi connectivity index (χ3n) is 10.7. The monoisotopic (exact) mass is 899 g/mol. The van der Waals surface area contributed by atoms with Crippen LogP contribution in [0.4, 0.5) is 0 Å². The first-order valence-corrected chi connectivity index (χ1v) is 19.4. The van der Waals surface area contributed by atoms with E-state index >= 15 is 0 Å². The first-order valence-electron chi connectivity index (χ1n) is 19.4. The minimum Gasteiger partial charge on any atom is -0.508 e. The van der Waals surface area contributed by atoms with Gasteiger partial charge in [0, 0.05) is 6.08 Å². The summed E-state index contributed by atoms with van der Waals surface area (Å²) < 4.78 is 48.8. The van der Waals surface area contributed by atoms with E-state index < -0.39 is 155 Å². The Morgan fingerprint density at radius 2 is 1.51 bits per heavy atom. The molecule has 4 heterocycles. The zero-order valence-corrected chi connectivity index (χ0v) is 32.9. The van der Waals surface area contributed by atoms with Crippen molar-refractivity contribution in [3.8, 4) is 23.3 Å². The summed E-state index contributed by atoms with van der Waals surface area (Å²) in [4.78, 5) is 12.5. The number of aliphatic hydroxyl groups is 11. The van der Waals surface area contributed by atoms with E-state index in [9.17, 15) is 76.4 Å². The van der Waals surface area contributed by atoms with Crippen molar-refractivity contribution in [3.05, 3.63) is 59.7 Å². The number of carbonyl (C=O) groups excluding carboxylic acids is 1. The largest absolute Gasteiger partial charge is 0.508 e. The lowest BCUT2D eigenvalue weighted by molar-refractivity contribution is -0.331. The van der Waals surface area contributed by atoms with Gasteiger partial charge in [0.2, 0.25) is 6.29 Å². The lowest BCUT2D eigenvalue weighted by Crippen LogP contribution is -2.60. The summed E-state index contributed by atoms with van der Waals surface area (Å²) in [7, 11) is 0. The molecule has 18 atom stereocenters. The summed E-state index contributed by atoms with van der Waals surface area (Å²) in [6.07, 6.45) is -25.5. The molecule has 6 rings (SSSR count). The van der Waals surface area contributed by atoms with Gasteiger partial charge >= 0.3 is 5.97 Å². The number of esters is 1. The van der Waals surface area contributed by atoms with E-state index in [-0.39, 0.29) is 22.6 Å². The van der Waals surface area contributed by atoms with Gasteiger partial charge in [-0.05, 0) is 41.5 Å². The minimum atomic E-state index is -2.20. The van der Waals surface area contributed by atoms with Gasteiger partial charge in [0.05, 0.1) is 32.5 Å². The third-order valence-corrected chi connectivity index (χ3v) is 10.7. The number of phenols is 2. The molecule has 24 heteroatoms. The van der Waals surface area contributed by atoms with Gasteiger partial charge in [-0.25, -0.2) is 4.79 Å². The Morgan fingerprint density at radius 1 is 0.825 bits per heavy atom. The molecule has 0 radical (unpaired) electrons. The molecule has 348 valence electrons. The average molecular weight is 900 g/mol. The molecule has 24 nitrogen and oxygen atoms in total. The molecule has 0 saturated carbocycles. The number of hydrogen-bond acceptors (Lipinski definition) is 24. The number of carbonyl (C=O) groups is 1. The normalized spacial score (nSPS) is 38.8. The molecular weight excluding hydrogens is 850 g/mol. The van der Waals surface area contributed by atoms with Crippen LogP contribution in [0.15, 0.2) is 48.5 Å². The van der Waals surface area contributed by atoms with Crippen molar-refractivity contribution >= 4 is 12.0 Å². The molecule has 13 N–H and O–H groups in total. The van der Waals surface area contributed by atoms with E-state index in [1.54, 1.807) is 0 Å². The van der Waals surface area contributed by atoms with Crippen LogP contribution in [0.5, 0.6) is 17.2 Å². The Kier molecular flexibility index (Phi) is 15.9. The Hall–Kier alpha value is -4.18. The van der Waals surface area contributed by atoms with Crippen LogP contribution >= 0.6 is 0 Å². The van der Waals surface area contributed by atoms with E-state index in [1.165, 1.54) is 42.5 Å². The topological polar surface area (TPSA) is 387 Å². The molecule has 0 bridgehead atoms. The molecule has 0 aromatic heterocycles. The van der Waals surface area contributed by atoms with Gasteiger partial charge < -0.3 is 109 Å². The van der Waals surface area contributed by atoms with Gasteiger partial charge in [-0.15, -0.1) is 0 Å². The molecular formula is C39H49NO23. The SMILES string of the molecule is N#CC(OC1OC(COC2OCC(OC3OCC(O)(COC(=O)/C=C/c4ccc(OC5OC(CO)C(O)C(O)C5O)c(O)c4)C3O)C(O)C2O)C(O)C(O)C1O)c1cccc(O)c1. The highest BCUT2D eigenvalue weighted by molar-refractivity contribution is 5.87. The molecule has 2 aromatic rings. The number of aromatic hydroxyl groups is 2. The number of rotatable bonds is 15. The fourth-order valence-electron chi connectivity index (χ4n) is 6.90. The highest BCUT2D eigenvalue weighted by Crippen LogP contribution is 2.34. The van der Waals surface area contributed by atoms with Crippen LogP contribution in [0.1, 0.15) is 17.2 Å². The number of hydrogen-bond donors (Lipinski definition) is 13. The van der Waals surface area contributed by atoms with Crippen LogP contribution in [-0.4, -0.2) is 209 Å². The zero-order chi connectivity index (χ0) is 45.7. The van der Waals surface area contributed by atoms with Crippen molar-refractivity contribution in [1.82, 2.24) is 0 Å². The maximum atomic E-state index is 12.5. The number of nitriles is 1. The molecule has 4 saturated heterocycles. The predicted molar refractivity (Wildman–Crippen MR) is 200 cm³/mol. The Balaban J connectivity index is 0.949. The smallest absolute Gasteiger partial charge is 0.330 e. The number of ether oxygens (including phenoxy) is 9. The highest BCUT2D eigenvalue weighted by atomic mass is 16.8. The van der Waals surface area contributed by atoms with Crippen molar-refractivity contribution in [2.75, 3.05) is 33.0 Å². The summed E-state index contributed by atoms with van der Waals surface area (Å²) in [5.41, 5.74) is -1.74. The maximum Gasteiger partial charge on any atom is 0.330 e. The average Bonchev–Trinajstić information content (AvgIpc) is 3.55. The first-order chi connectivity index (χ1) is 29.9. The van der Waals surface area contributed by atoms with Crippen molar-refractivity contribution in [2.24, 2.45) is 0 Å². The van der Waals surface area contributed by atoms with Crippen LogP contribution in [0.25, 0.3) is 6.08 Å². The summed E-state index contributed by atoms with van der Waals surface area (Å²) >= 11 is 0. The number of benzene rings is 2. The molecule has 2 aromatic carbocycles. The van der Waals surface area contributed by atoms with Crippen molar-refractivity contribution in [2.45, 2.75) is 110 Å². The lowest BCUT2D eigenvalue weighted by atomic mass is 9.99. The summed E-state index contributed by atoms with van der Waals surface area (Å²) in [6, 6.07) is 11.2. The Bertz CT molecular complexity index is 1920. The Labute approximate surface area is 357 Å². The van der Waals surface area contributed by atoms with E-state index in [0.717, 1.165) is 12.1 Å². The number of phenolic OH excluding ortho intramolecular Hbond substituents is 2. The van der Waals surface area contributed by atoms with E-state index in [0.29, 0.717) is 0 Å². The molecule has 63 heavy (non-hydrogen) atoms. The highest BCUT2D eigenvalue weighted by Gasteiger charge is 2.53. The molecule has 0 aliphatic carbocycles. The van der Waals surface area contributed by atoms with E-state index in [2.05, 4.69) is 0 Å². The molecule has 4 fully saturated rings. The van der Waals surface area contributed by atoms with Crippen molar-refractivity contribution < 1.29 is 114 Å². The van der Waals surface area contributed by atoms with Crippen molar-refractivity contribution in [1.29, 1.82) is 5.26 Å². The predicted octanol–water partition coefficient (Wildman–Crippen LogP) is -5.15. The molecule has 0 spiro atoms. The second kappa shape index (κ2) is 20.8. The minimum absolute atomic E-state index is 0.165. The van der Waals surface area contributed by atoms with Crippen LogP contribution in [0.3, 0.4) is 0 Å². The summed E-state index contributed by atoms with van der Waals surface area (Å²) in [6.45, 7) is -3.16. The summed E-state index contributed by atoms with van der Waals surface area (Å²) in [5, 5.41) is 144. The fourth-order valence-corrected chi connectivity index (χ4v) is 6.90. The van der Waals surface area contributed by atoms with E-state index in [4.69, 9.17) is 42.6 Å². The fraction of sp³-hybridized carbons (Fsp3) is 0.590. The summed E-state index contributed by atoms with van der Waals surface area (Å²) in [5.74, 6) is -1.85. The van der Waals surface area contributed by atoms with Gasteiger partial charge in [-0.2, -0.15) is 5.26 Å². The van der Waals surface area contributed by atoms with Crippen molar-refractivity contribution in [3.63, 3.8) is 0 Å². The van der Waals surface area contributed by atoms with Crippen LogP contribution in [-0.2, 0) is 42.7 Å². The number of nitrogens with zero attached hydrogens (tertiary/aromatic N) is 1. The zero-order valence-electron chi connectivity index (χ0n) is 32.9. The van der Waals surface area contributed by atoms with Gasteiger partial charge in [0.25, 0.3) is 0 Å². The lowest BCUT2D eigenvalue weighted by Gasteiger charge is -2.42. The first kappa shape index (κ1) is 48.3. The van der Waals surface area contributed by atoms with Gasteiger partial charge in [0.1, 0.15) is 85.6 Å². The Morgan fingerprint density at radius 3 is 2.19 bits per heavy atom. The molecule has 4 aliphatic heterocycles. The van der Waals surface area contributed by atoms with Gasteiger partial charge in [0.15, 0.2) is 42.1 Å². The van der Waals surface area contributed by atoms with Crippen LogP contribution < -0.4 is 4.74 Å². The van der Waals surface area contributed by atoms with Crippen LogP contribution in [0, 0.1) is 11.3 Å². The van der Waals surface area contributed by atoms with Crippen LogP contribution in [0.2, 0.25) is 0 Å². The van der Waals surface area contributed by atoms with Gasteiger partial charge in [-0.1, -0.05) is 18.2 Å². The molecule has 18 unspecified atom stereocenters.